The molecule has 186 valence electrons. The van der Waals surface area contributed by atoms with Crippen molar-refractivity contribution in [2.45, 2.75) is 10.8 Å². The Balaban J connectivity index is 1.59. The third kappa shape index (κ3) is 7.03. The minimum atomic E-state index is -0.471. The number of alkyl carbamates (subject to hydrolysis) is 1. The third-order valence-corrected chi connectivity index (χ3v) is 6.88. The second-order valence-electron chi connectivity index (χ2n) is 7.04. The van der Waals surface area contributed by atoms with Crippen LogP contribution in [0.2, 0.25) is 0 Å². The highest BCUT2D eigenvalue weighted by Crippen LogP contribution is 2.40. The number of thioether (sulfide) groups is 1. The van der Waals surface area contributed by atoms with Crippen molar-refractivity contribution in [2.24, 2.45) is 0 Å². The number of ether oxygens (including phenoxy) is 4. The summed E-state index contributed by atoms with van der Waals surface area (Å²) in [6, 6.07) is 9.10. The van der Waals surface area contributed by atoms with E-state index in [1.54, 1.807) is 19.2 Å². The van der Waals surface area contributed by atoms with E-state index >= 15 is 0 Å². The summed E-state index contributed by atoms with van der Waals surface area (Å²) in [5.41, 5.74) is 2.20. The molecule has 0 aliphatic carbocycles. The van der Waals surface area contributed by atoms with Crippen LogP contribution in [0.3, 0.4) is 0 Å². The van der Waals surface area contributed by atoms with E-state index in [9.17, 15) is 9.59 Å². The van der Waals surface area contributed by atoms with Crippen LogP contribution in [-0.2, 0) is 16.0 Å². The largest absolute Gasteiger partial charge is 0.493 e. The van der Waals surface area contributed by atoms with Crippen molar-refractivity contribution in [2.75, 3.05) is 45.6 Å². The summed E-state index contributed by atoms with van der Waals surface area (Å²) in [7, 11) is 4.59. The van der Waals surface area contributed by atoms with Crippen LogP contribution in [0.1, 0.15) is 5.56 Å². The number of anilines is 1. The Morgan fingerprint density at radius 2 is 1.91 bits per heavy atom. The Kier molecular flexibility index (Phi) is 9.62. The van der Waals surface area contributed by atoms with E-state index in [4.69, 9.17) is 18.9 Å². The Morgan fingerprint density at radius 3 is 2.63 bits per heavy atom. The second kappa shape index (κ2) is 12.9. The number of carbonyl (C=O) groups is 2. The van der Waals surface area contributed by atoms with Crippen molar-refractivity contribution in [1.82, 2.24) is 10.3 Å². The fraction of sp³-hybridized carbons (Fsp3) is 0.292. The van der Waals surface area contributed by atoms with Gasteiger partial charge in [-0.3, -0.25) is 4.79 Å². The van der Waals surface area contributed by atoms with Crippen molar-refractivity contribution in [1.29, 1.82) is 0 Å². The van der Waals surface area contributed by atoms with Crippen LogP contribution in [0.15, 0.2) is 47.3 Å². The van der Waals surface area contributed by atoms with Crippen molar-refractivity contribution in [3.05, 3.63) is 48.6 Å². The van der Waals surface area contributed by atoms with Gasteiger partial charge in [0.05, 0.1) is 38.0 Å². The van der Waals surface area contributed by atoms with Gasteiger partial charge in [0, 0.05) is 23.5 Å². The SMILES string of the molecule is C=CCOC(=O)NCCSc1nc2ccc(NC(=O)Cc3ccc(OC)c(OC)c3OC)cc2s1. The molecule has 3 rings (SSSR count). The van der Waals surface area contributed by atoms with Crippen molar-refractivity contribution < 1.29 is 28.5 Å². The number of fused-ring (bicyclic) bond motifs is 1. The van der Waals surface area contributed by atoms with Crippen molar-refractivity contribution in [3.8, 4) is 17.2 Å². The van der Waals surface area contributed by atoms with Gasteiger partial charge in [-0.05, 0) is 24.3 Å². The number of aromatic nitrogens is 1. The minimum Gasteiger partial charge on any atom is -0.493 e. The molecule has 2 aromatic carbocycles. The van der Waals surface area contributed by atoms with E-state index in [0.717, 1.165) is 14.6 Å². The van der Waals surface area contributed by atoms with Gasteiger partial charge in [0.15, 0.2) is 15.8 Å². The van der Waals surface area contributed by atoms with Crippen LogP contribution in [-0.4, -0.2) is 57.2 Å². The highest BCUT2D eigenvalue weighted by Gasteiger charge is 2.18. The first kappa shape index (κ1) is 26.2. The smallest absolute Gasteiger partial charge is 0.407 e. The molecule has 9 nitrogen and oxygen atoms in total. The first-order valence-corrected chi connectivity index (χ1v) is 12.4. The number of thiazole rings is 1. The fourth-order valence-corrected chi connectivity index (χ4v) is 5.23. The Labute approximate surface area is 211 Å². The number of hydrogen-bond acceptors (Lipinski definition) is 9. The number of amides is 2. The van der Waals surface area contributed by atoms with Gasteiger partial charge in [0.25, 0.3) is 0 Å². The first-order valence-electron chi connectivity index (χ1n) is 10.6. The first-order chi connectivity index (χ1) is 17.0. The molecule has 11 heteroatoms. The average molecular weight is 518 g/mol. The number of hydrogen-bond donors (Lipinski definition) is 2. The summed E-state index contributed by atoms with van der Waals surface area (Å²) in [4.78, 5) is 28.8. The van der Waals surface area contributed by atoms with E-state index in [2.05, 4.69) is 22.2 Å². The fourth-order valence-electron chi connectivity index (χ4n) is 3.20. The zero-order chi connectivity index (χ0) is 25.2. The summed E-state index contributed by atoms with van der Waals surface area (Å²) < 4.78 is 22.8. The Hall–Kier alpha value is -3.44. The maximum absolute atomic E-state index is 12.7. The monoisotopic (exact) mass is 517 g/mol. The number of benzene rings is 2. The highest BCUT2D eigenvalue weighted by molar-refractivity contribution is 8.01. The number of nitrogens with one attached hydrogen (secondary N) is 2. The van der Waals surface area contributed by atoms with Crippen molar-refractivity contribution >= 4 is 51.0 Å². The van der Waals surface area contributed by atoms with Crippen LogP contribution in [0.4, 0.5) is 10.5 Å². The molecule has 0 fully saturated rings. The summed E-state index contributed by atoms with van der Waals surface area (Å²) >= 11 is 3.06. The van der Waals surface area contributed by atoms with Crippen LogP contribution in [0, 0.1) is 0 Å². The molecule has 2 amide bonds. The lowest BCUT2D eigenvalue weighted by atomic mass is 10.1. The number of rotatable bonds is 12. The maximum Gasteiger partial charge on any atom is 0.407 e. The lowest BCUT2D eigenvalue weighted by Gasteiger charge is -2.15. The van der Waals surface area contributed by atoms with Gasteiger partial charge in [-0.15, -0.1) is 11.3 Å². The summed E-state index contributed by atoms with van der Waals surface area (Å²) in [5.74, 6) is 1.90. The average Bonchev–Trinajstić information content (AvgIpc) is 3.26. The maximum atomic E-state index is 12.7. The van der Waals surface area contributed by atoms with Gasteiger partial charge < -0.3 is 29.6 Å². The molecule has 1 heterocycles. The summed E-state index contributed by atoms with van der Waals surface area (Å²) in [6.07, 6.45) is 1.15. The molecule has 3 aromatic rings. The lowest BCUT2D eigenvalue weighted by Crippen LogP contribution is -2.26. The quantitative estimate of drug-likeness (QED) is 0.205. The van der Waals surface area contributed by atoms with Gasteiger partial charge >= 0.3 is 6.09 Å². The summed E-state index contributed by atoms with van der Waals surface area (Å²) in [5, 5.41) is 5.60. The zero-order valence-corrected chi connectivity index (χ0v) is 21.3. The molecule has 0 atom stereocenters. The predicted octanol–water partition coefficient (Wildman–Crippen LogP) is 4.51. The number of nitrogens with zero attached hydrogens (tertiary/aromatic N) is 1. The highest BCUT2D eigenvalue weighted by atomic mass is 32.2. The molecule has 0 aliphatic heterocycles. The second-order valence-corrected chi connectivity index (χ2v) is 9.42. The van der Waals surface area contributed by atoms with Gasteiger partial charge in [-0.25, -0.2) is 9.78 Å². The van der Waals surface area contributed by atoms with Gasteiger partial charge in [-0.1, -0.05) is 30.5 Å². The summed E-state index contributed by atoms with van der Waals surface area (Å²) in [6.45, 7) is 4.13. The number of methoxy groups -OCH3 is 3. The van der Waals surface area contributed by atoms with E-state index in [1.165, 1.54) is 43.4 Å². The molecule has 0 saturated heterocycles. The van der Waals surface area contributed by atoms with E-state index in [0.29, 0.717) is 40.8 Å². The van der Waals surface area contributed by atoms with E-state index < -0.39 is 6.09 Å². The molecule has 0 radical (unpaired) electrons. The Bertz CT molecular complexity index is 1200. The standard InChI is InChI=1S/C24H27N3O6S2/c1-5-11-33-23(29)25-10-12-34-24-27-17-8-7-16(14-19(17)35-24)26-20(28)13-15-6-9-18(30-2)22(32-4)21(15)31-3/h5-9,14H,1,10-13H2,2-4H3,(H,25,29)(H,26,28). The van der Waals surface area contributed by atoms with Crippen LogP contribution in [0.5, 0.6) is 17.2 Å². The van der Waals surface area contributed by atoms with E-state index in [-0.39, 0.29) is 18.9 Å². The molecular weight excluding hydrogens is 490 g/mol. The van der Waals surface area contributed by atoms with Gasteiger partial charge in [-0.2, -0.15) is 0 Å². The molecule has 0 saturated carbocycles. The predicted molar refractivity (Wildman–Crippen MR) is 138 cm³/mol. The van der Waals surface area contributed by atoms with Crippen LogP contribution in [0.25, 0.3) is 10.2 Å². The topological polar surface area (TPSA) is 108 Å². The lowest BCUT2D eigenvalue weighted by molar-refractivity contribution is -0.115. The van der Waals surface area contributed by atoms with Crippen LogP contribution >= 0.6 is 23.1 Å². The molecule has 1 aromatic heterocycles. The van der Waals surface area contributed by atoms with E-state index in [1.807, 2.05) is 18.2 Å². The molecule has 2 N–H and O–H groups in total. The molecule has 0 bridgehead atoms. The zero-order valence-electron chi connectivity index (χ0n) is 19.7. The molecule has 35 heavy (non-hydrogen) atoms. The van der Waals surface area contributed by atoms with Crippen molar-refractivity contribution in [3.63, 3.8) is 0 Å². The molecule has 0 aliphatic rings. The number of carbonyl (C=O) groups excluding carboxylic acids is 2. The molecular formula is C24H27N3O6S2. The third-order valence-electron chi connectivity index (χ3n) is 4.72. The normalized spacial score (nSPS) is 10.5. The van der Waals surface area contributed by atoms with Gasteiger partial charge in [0.2, 0.25) is 11.7 Å². The Morgan fingerprint density at radius 1 is 1.11 bits per heavy atom. The van der Waals surface area contributed by atoms with Crippen LogP contribution < -0.4 is 24.8 Å². The molecule has 0 spiro atoms. The minimum absolute atomic E-state index is 0.105. The van der Waals surface area contributed by atoms with Gasteiger partial charge in [0.1, 0.15) is 6.61 Å². The molecule has 0 unspecified atom stereocenters.